The van der Waals surface area contributed by atoms with E-state index in [0.717, 1.165) is 24.5 Å². The minimum atomic E-state index is 0.775. The molecule has 0 amide bonds. The van der Waals surface area contributed by atoms with Gasteiger partial charge in [-0.1, -0.05) is 57.0 Å². The van der Waals surface area contributed by atoms with Crippen LogP contribution in [0.4, 0.5) is 0 Å². The summed E-state index contributed by atoms with van der Waals surface area (Å²) >= 11 is 0. The van der Waals surface area contributed by atoms with Crippen LogP contribution in [0, 0.1) is 5.92 Å². The summed E-state index contributed by atoms with van der Waals surface area (Å²) in [5.74, 6) is 0.941. The highest BCUT2D eigenvalue weighted by Crippen LogP contribution is 2.30. The van der Waals surface area contributed by atoms with Crippen LogP contribution in [-0.2, 0) is 6.54 Å². The van der Waals surface area contributed by atoms with E-state index in [1.807, 2.05) is 0 Å². The average molecular weight is 315 g/mol. The Balaban J connectivity index is 1.50. The quantitative estimate of drug-likeness (QED) is 0.786. The van der Waals surface area contributed by atoms with E-state index < -0.39 is 0 Å². The molecule has 0 aromatic heterocycles. The molecule has 0 N–H and O–H groups in total. The molecule has 2 fully saturated rings. The molecule has 3 rings (SSSR count). The van der Waals surface area contributed by atoms with Crippen LogP contribution in [0.2, 0.25) is 0 Å². The Labute approximate surface area is 142 Å². The Hall–Kier alpha value is -0.860. The van der Waals surface area contributed by atoms with E-state index >= 15 is 0 Å². The number of nitrogens with zero attached hydrogens (tertiary/aromatic N) is 2. The van der Waals surface area contributed by atoms with Crippen molar-refractivity contribution >= 4 is 0 Å². The van der Waals surface area contributed by atoms with Crippen LogP contribution in [0.1, 0.15) is 57.9 Å². The van der Waals surface area contributed by atoms with Gasteiger partial charge >= 0.3 is 0 Å². The summed E-state index contributed by atoms with van der Waals surface area (Å²) in [7, 11) is 0. The normalized spacial score (nSPS) is 27.4. The highest BCUT2D eigenvalue weighted by Gasteiger charge is 2.29. The minimum Gasteiger partial charge on any atom is -0.300 e. The monoisotopic (exact) mass is 314 g/mol. The first-order valence-electron chi connectivity index (χ1n) is 9.78. The molecule has 0 unspecified atom stereocenters. The Morgan fingerprint density at radius 2 is 1.78 bits per heavy atom. The third-order valence-electron chi connectivity index (χ3n) is 6.08. The van der Waals surface area contributed by atoms with Crippen LogP contribution in [0.15, 0.2) is 30.3 Å². The smallest absolute Gasteiger partial charge is 0.0236 e. The first kappa shape index (κ1) is 17.0. The Morgan fingerprint density at radius 1 is 1.04 bits per heavy atom. The van der Waals surface area contributed by atoms with E-state index in [-0.39, 0.29) is 0 Å². The van der Waals surface area contributed by atoms with Gasteiger partial charge in [0.25, 0.3) is 0 Å². The van der Waals surface area contributed by atoms with Crippen LogP contribution >= 0.6 is 0 Å². The molecule has 0 radical (unpaired) electrons. The molecule has 0 bridgehead atoms. The first-order chi connectivity index (χ1) is 11.3. The van der Waals surface area contributed by atoms with Gasteiger partial charge in [0.1, 0.15) is 0 Å². The second-order valence-corrected chi connectivity index (χ2v) is 7.74. The fourth-order valence-electron chi connectivity index (χ4n) is 4.67. The molecular formula is C21H34N2. The summed E-state index contributed by atoms with van der Waals surface area (Å²) in [6, 6.07) is 12.6. The summed E-state index contributed by atoms with van der Waals surface area (Å²) in [6.45, 7) is 9.67. The largest absolute Gasteiger partial charge is 0.300 e. The zero-order valence-corrected chi connectivity index (χ0v) is 15.1. The lowest BCUT2D eigenvalue weighted by Gasteiger charge is -2.43. The molecule has 2 atom stereocenters. The molecule has 23 heavy (non-hydrogen) atoms. The lowest BCUT2D eigenvalue weighted by molar-refractivity contribution is 0.0615. The Bertz CT molecular complexity index is 450. The number of benzene rings is 1. The molecule has 1 saturated carbocycles. The van der Waals surface area contributed by atoms with E-state index in [1.54, 1.807) is 0 Å². The lowest BCUT2D eigenvalue weighted by atomic mass is 9.85. The molecule has 128 valence electrons. The van der Waals surface area contributed by atoms with Gasteiger partial charge in [-0.3, -0.25) is 4.90 Å². The zero-order valence-electron chi connectivity index (χ0n) is 15.1. The maximum atomic E-state index is 2.81. The van der Waals surface area contributed by atoms with Crippen molar-refractivity contribution in [3.05, 3.63) is 35.9 Å². The number of rotatable bonds is 5. The third-order valence-corrected chi connectivity index (χ3v) is 6.08. The van der Waals surface area contributed by atoms with Gasteiger partial charge in [0.2, 0.25) is 0 Å². The Morgan fingerprint density at radius 3 is 2.43 bits per heavy atom. The van der Waals surface area contributed by atoms with Crippen molar-refractivity contribution in [3.63, 3.8) is 0 Å². The van der Waals surface area contributed by atoms with Crippen molar-refractivity contribution in [2.75, 3.05) is 19.6 Å². The van der Waals surface area contributed by atoms with Crippen LogP contribution in [-0.4, -0.2) is 41.5 Å². The third kappa shape index (κ3) is 4.58. The lowest BCUT2D eigenvalue weighted by Crippen LogP contribution is -2.48. The van der Waals surface area contributed by atoms with E-state index in [4.69, 9.17) is 0 Å². The summed E-state index contributed by atoms with van der Waals surface area (Å²) in [6.07, 6.45) is 8.48. The summed E-state index contributed by atoms with van der Waals surface area (Å²) in [4.78, 5) is 5.50. The molecule has 1 aromatic carbocycles. The van der Waals surface area contributed by atoms with Gasteiger partial charge in [0, 0.05) is 18.6 Å². The number of likely N-dealkylation sites (tertiary alicyclic amines) is 1. The highest BCUT2D eigenvalue weighted by molar-refractivity contribution is 5.14. The van der Waals surface area contributed by atoms with Gasteiger partial charge in [-0.2, -0.15) is 0 Å². The van der Waals surface area contributed by atoms with Gasteiger partial charge in [-0.15, -0.1) is 0 Å². The molecule has 1 saturated heterocycles. The molecular weight excluding hydrogens is 280 g/mol. The Kier molecular flexibility index (Phi) is 6.13. The molecule has 1 aliphatic heterocycles. The van der Waals surface area contributed by atoms with Gasteiger partial charge in [0.15, 0.2) is 0 Å². The van der Waals surface area contributed by atoms with Crippen molar-refractivity contribution < 1.29 is 0 Å². The molecule has 2 heteroatoms. The second kappa shape index (κ2) is 8.30. The molecule has 1 heterocycles. The second-order valence-electron chi connectivity index (χ2n) is 7.74. The van der Waals surface area contributed by atoms with Gasteiger partial charge in [0.05, 0.1) is 0 Å². The van der Waals surface area contributed by atoms with Crippen LogP contribution in [0.5, 0.6) is 0 Å². The van der Waals surface area contributed by atoms with Gasteiger partial charge < -0.3 is 4.90 Å². The van der Waals surface area contributed by atoms with E-state index in [1.165, 1.54) is 63.7 Å². The summed E-state index contributed by atoms with van der Waals surface area (Å²) in [5.41, 5.74) is 1.46. The average Bonchev–Trinajstić information content (AvgIpc) is 2.61. The number of hydrogen-bond donors (Lipinski definition) is 0. The number of piperidine rings is 1. The molecule has 2 aliphatic rings. The molecule has 0 spiro atoms. The maximum Gasteiger partial charge on any atom is 0.0236 e. The van der Waals surface area contributed by atoms with Crippen molar-refractivity contribution in [1.82, 2.24) is 9.80 Å². The topological polar surface area (TPSA) is 6.48 Å². The minimum absolute atomic E-state index is 0.775. The van der Waals surface area contributed by atoms with E-state index in [9.17, 15) is 0 Å². The fourth-order valence-corrected chi connectivity index (χ4v) is 4.67. The summed E-state index contributed by atoms with van der Waals surface area (Å²) < 4.78 is 0. The zero-order chi connectivity index (χ0) is 16.1. The molecule has 1 aliphatic carbocycles. The van der Waals surface area contributed by atoms with Crippen molar-refractivity contribution in [2.24, 2.45) is 5.92 Å². The molecule has 1 aromatic rings. The number of hydrogen-bond acceptors (Lipinski definition) is 2. The fraction of sp³-hybridized carbons (Fsp3) is 0.714. The van der Waals surface area contributed by atoms with Crippen LogP contribution in [0.3, 0.4) is 0 Å². The summed E-state index contributed by atoms with van der Waals surface area (Å²) in [5, 5.41) is 0. The van der Waals surface area contributed by atoms with Gasteiger partial charge in [-0.05, 0) is 56.8 Å². The van der Waals surface area contributed by atoms with Crippen molar-refractivity contribution in [1.29, 1.82) is 0 Å². The predicted octanol–water partition coefficient (Wildman–Crippen LogP) is 4.55. The van der Waals surface area contributed by atoms with E-state index in [0.29, 0.717) is 0 Å². The highest BCUT2D eigenvalue weighted by atomic mass is 15.2. The van der Waals surface area contributed by atoms with Crippen molar-refractivity contribution in [3.8, 4) is 0 Å². The standard InChI is InChI=1S/C21H34N2/c1-3-22(17-19-9-5-4-6-10-19)20-12-14-23(15-13-20)21-11-7-8-18(2)16-21/h4-6,9-10,18,20-21H,3,7-8,11-17H2,1-2H3/t18-,21+/m0/s1. The van der Waals surface area contributed by atoms with Crippen molar-refractivity contribution in [2.45, 2.75) is 71.0 Å². The first-order valence-corrected chi connectivity index (χ1v) is 9.78. The van der Waals surface area contributed by atoms with Crippen LogP contribution < -0.4 is 0 Å². The SMILES string of the molecule is CCN(Cc1ccccc1)C1CCN([C@@H]2CCC[C@H](C)C2)CC1. The molecule has 2 nitrogen and oxygen atoms in total. The predicted molar refractivity (Wildman–Crippen MR) is 98.5 cm³/mol. The van der Waals surface area contributed by atoms with Gasteiger partial charge in [-0.25, -0.2) is 0 Å². The van der Waals surface area contributed by atoms with E-state index in [2.05, 4.69) is 54.0 Å². The maximum absolute atomic E-state index is 2.81. The van der Waals surface area contributed by atoms with Crippen LogP contribution in [0.25, 0.3) is 0 Å².